The van der Waals surface area contributed by atoms with Crippen LogP contribution in [0.4, 0.5) is 0 Å². The Morgan fingerprint density at radius 3 is 2.32 bits per heavy atom. The molecule has 1 aliphatic carbocycles. The van der Waals surface area contributed by atoms with Gasteiger partial charge in [-0.25, -0.2) is 0 Å². The van der Waals surface area contributed by atoms with E-state index in [0.717, 1.165) is 25.7 Å². The van der Waals surface area contributed by atoms with E-state index in [4.69, 9.17) is 15.2 Å². The van der Waals surface area contributed by atoms with Crippen LogP contribution in [0, 0.1) is 5.92 Å². The number of Topliss-reactive ketones (excluding diaryl/α,β-unsaturated/α-hetero) is 1. The van der Waals surface area contributed by atoms with E-state index < -0.39 is 0 Å². The lowest BCUT2D eigenvalue weighted by atomic mass is 9.82. The van der Waals surface area contributed by atoms with Gasteiger partial charge in [0, 0.05) is 17.5 Å². The summed E-state index contributed by atoms with van der Waals surface area (Å²) in [4.78, 5) is 12.4. The molecule has 0 saturated heterocycles. The van der Waals surface area contributed by atoms with Gasteiger partial charge >= 0.3 is 0 Å². The summed E-state index contributed by atoms with van der Waals surface area (Å²) in [5.74, 6) is 1.52. The molecule has 0 aromatic heterocycles. The number of methoxy groups -OCH3 is 2. The maximum atomic E-state index is 12.4. The van der Waals surface area contributed by atoms with E-state index in [9.17, 15) is 4.79 Å². The van der Waals surface area contributed by atoms with Crippen LogP contribution >= 0.6 is 0 Å². The van der Waals surface area contributed by atoms with Crippen LogP contribution in [0.3, 0.4) is 0 Å². The lowest BCUT2D eigenvalue weighted by Crippen LogP contribution is -2.29. The Morgan fingerprint density at radius 1 is 1.11 bits per heavy atom. The van der Waals surface area contributed by atoms with Crippen LogP contribution in [0.25, 0.3) is 0 Å². The van der Waals surface area contributed by atoms with Gasteiger partial charge in [-0.05, 0) is 43.9 Å². The minimum atomic E-state index is 0.0953. The minimum absolute atomic E-state index is 0.0953. The average Bonchev–Trinajstić information content (AvgIpc) is 2.46. The molecule has 0 heterocycles. The maximum absolute atomic E-state index is 12.4. The van der Waals surface area contributed by atoms with Crippen molar-refractivity contribution in [1.29, 1.82) is 0 Å². The molecule has 19 heavy (non-hydrogen) atoms. The lowest BCUT2D eigenvalue weighted by molar-refractivity contribution is 0.0884. The third-order valence-corrected chi connectivity index (χ3v) is 3.81. The second kappa shape index (κ2) is 6.06. The average molecular weight is 263 g/mol. The zero-order valence-electron chi connectivity index (χ0n) is 11.5. The third-order valence-electron chi connectivity index (χ3n) is 3.81. The molecule has 4 heteroatoms. The van der Waals surface area contributed by atoms with E-state index >= 15 is 0 Å². The van der Waals surface area contributed by atoms with Crippen molar-refractivity contribution in [2.45, 2.75) is 31.7 Å². The van der Waals surface area contributed by atoms with E-state index in [2.05, 4.69) is 0 Å². The second-order valence-corrected chi connectivity index (χ2v) is 5.05. The number of hydrogen-bond donors (Lipinski definition) is 1. The van der Waals surface area contributed by atoms with Gasteiger partial charge in [0.1, 0.15) is 0 Å². The number of carbonyl (C=O) groups excluding carboxylic acids is 1. The van der Waals surface area contributed by atoms with E-state index in [-0.39, 0.29) is 17.7 Å². The van der Waals surface area contributed by atoms with Gasteiger partial charge in [-0.1, -0.05) is 0 Å². The highest BCUT2D eigenvalue weighted by molar-refractivity contribution is 5.98. The fourth-order valence-electron chi connectivity index (χ4n) is 2.61. The monoisotopic (exact) mass is 263 g/mol. The summed E-state index contributed by atoms with van der Waals surface area (Å²) in [6.45, 7) is 0. The van der Waals surface area contributed by atoms with Gasteiger partial charge in [0.15, 0.2) is 17.3 Å². The summed E-state index contributed by atoms with van der Waals surface area (Å²) in [5, 5.41) is 0. The number of nitrogens with two attached hydrogens (primary N) is 1. The molecule has 0 amide bonds. The van der Waals surface area contributed by atoms with Gasteiger partial charge in [-0.15, -0.1) is 0 Å². The molecule has 1 aliphatic rings. The van der Waals surface area contributed by atoms with Crippen molar-refractivity contribution >= 4 is 5.78 Å². The lowest BCUT2D eigenvalue weighted by Gasteiger charge is -2.25. The Labute approximate surface area is 113 Å². The van der Waals surface area contributed by atoms with E-state index in [1.54, 1.807) is 32.4 Å². The maximum Gasteiger partial charge on any atom is 0.166 e. The fourth-order valence-corrected chi connectivity index (χ4v) is 2.61. The number of rotatable bonds is 4. The predicted molar refractivity (Wildman–Crippen MR) is 73.8 cm³/mol. The molecule has 0 unspecified atom stereocenters. The number of hydrogen-bond acceptors (Lipinski definition) is 4. The number of ether oxygens (including phenoxy) is 2. The van der Waals surface area contributed by atoms with E-state index in [1.807, 2.05) is 0 Å². The first kappa shape index (κ1) is 13.9. The van der Waals surface area contributed by atoms with Crippen molar-refractivity contribution in [2.75, 3.05) is 14.2 Å². The number of carbonyl (C=O) groups is 1. The molecule has 1 saturated carbocycles. The standard InChI is InChI=1S/C15H21NO3/c1-18-13-8-5-11(9-14(13)19-2)15(17)10-3-6-12(16)7-4-10/h5,8-10,12H,3-4,6-7,16H2,1-2H3. The van der Waals surface area contributed by atoms with Gasteiger partial charge < -0.3 is 15.2 Å². The first-order chi connectivity index (χ1) is 9.15. The van der Waals surface area contributed by atoms with Gasteiger partial charge in [-0.3, -0.25) is 4.79 Å². The smallest absolute Gasteiger partial charge is 0.166 e. The van der Waals surface area contributed by atoms with Crippen molar-refractivity contribution in [3.63, 3.8) is 0 Å². The summed E-state index contributed by atoms with van der Waals surface area (Å²) in [6.07, 6.45) is 3.64. The molecule has 1 aromatic rings. The molecule has 0 spiro atoms. The molecular formula is C15H21NO3. The molecule has 1 fully saturated rings. The summed E-state index contributed by atoms with van der Waals surface area (Å²) in [5.41, 5.74) is 6.56. The molecule has 2 N–H and O–H groups in total. The van der Waals surface area contributed by atoms with Crippen LogP contribution in [0.1, 0.15) is 36.0 Å². The van der Waals surface area contributed by atoms with Gasteiger partial charge in [0.25, 0.3) is 0 Å². The van der Waals surface area contributed by atoms with Gasteiger partial charge in [-0.2, -0.15) is 0 Å². The fraction of sp³-hybridized carbons (Fsp3) is 0.533. The highest BCUT2D eigenvalue weighted by Crippen LogP contribution is 2.31. The first-order valence-corrected chi connectivity index (χ1v) is 6.67. The van der Waals surface area contributed by atoms with Gasteiger partial charge in [0.2, 0.25) is 0 Å². The van der Waals surface area contributed by atoms with Crippen LogP contribution < -0.4 is 15.2 Å². The Balaban J connectivity index is 2.15. The Morgan fingerprint density at radius 2 is 1.74 bits per heavy atom. The zero-order chi connectivity index (χ0) is 13.8. The minimum Gasteiger partial charge on any atom is -0.493 e. The van der Waals surface area contributed by atoms with Crippen LogP contribution in [0.15, 0.2) is 18.2 Å². The topological polar surface area (TPSA) is 61.5 Å². The Bertz CT molecular complexity index is 451. The van der Waals surface area contributed by atoms with Crippen molar-refractivity contribution in [3.05, 3.63) is 23.8 Å². The molecule has 4 nitrogen and oxygen atoms in total. The molecule has 1 aromatic carbocycles. The SMILES string of the molecule is COc1ccc(C(=O)C2CCC(N)CC2)cc1OC. The molecule has 0 bridgehead atoms. The highest BCUT2D eigenvalue weighted by Gasteiger charge is 2.26. The molecule has 2 rings (SSSR count). The molecule has 0 aliphatic heterocycles. The second-order valence-electron chi connectivity index (χ2n) is 5.05. The highest BCUT2D eigenvalue weighted by atomic mass is 16.5. The van der Waals surface area contributed by atoms with Crippen molar-refractivity contribution in [1.82, 2.24) is 0 Å². The summed E-state index contributed by atoms with van der Waals surface area (Å²) < 4.78 is 10.4. The quantitative estimate of drug-likeness (QED) is 0.847. The predicted octanol–water partition coefficient (Wildman–Crippen LogP) is 2.40. The van der Waals surface area contributed by atoms with Crippen LogP contribution in [-0.2, 0) is 0 Å². The Hall–Kier alpha value is -1.55. The normalized spacial score (nSPS) is 22.9. The molecule has 0 atom stereocenters. The van der Waals surface area contributed by atoms with E-state index in [0.29, 0.717) is 17.1 Å². The van der Waals surface area contributed by atoms with Crippen LogP contribution in [0.2, 0.25) is 0 Å². The van der Waals surface area contributed by atoms with Crippen LogP contribution in [0.5, 0.6) is 11.5 Å². The van der Waals surface area contributed by atoms with Crippen molar-refractivity contribution < 1.29 is 14.3 Å². The molecule has 104 valence electrons. The number of benzene rings is 1. The molecule has 0 radical (unpaired) electrons. The number of ketones is 1. The molecular weight excluding hydrogens is 242 g/mol. The van der Waals surface area contributed by atoms with Gasteiger partial charge in [0.05, 0.1) is 14.2 Å². The Kier molecular flexibility index (Phi) is 4.43. The zero-order valence-corrected chi connectivity index (χ0v) is 11.5. The van der Waals surface area contributed by atoms with Crippen LogP contribution in [-0.4, -0.2) is 26.0 Å². The summed E-state index contributed by atoms with van der Waals surface area (Å²) in [7, 11) is 3.16. The summed E-state index contributed by atoms with van der Waals surface area (Å²) >= 11 is 0. The first-order valence-electron chi connectivity index (χ1n) is 6.67. The summed E-state index contributed by atoms with van der Waals surface area (Å²) in [6, 6.07) is 5.60. The van der Waals surface area contributed by atoms with Crippen molar-refractivity contribution in [3.8, 4) is 11.5 Å². The largest absolute Gasteiger partial charge is 0.493 e. The van der Waals surface area contributed by atoms with Crippen molar-refractivity contribution in [2.24, 2.45) is 11.7 Å². The third kappa shape index (κ3) is 3.07. The van der Waals surface area contributed by atoms with E-state index in [1.165, 1.54) is 0 Å².